The Morgan fingerprint density at radius 2 is 1.81 bits per heavy atom. The maximum absolute atomic E-state index is 13.0. The van der Waals surface area contributed by atoms with E-state index in [1.54, 1.807) is 18.2 Å². The van der Waals surface area contributed by atoms with Crippen molar-refractivity contribution < 1.29 is 13.9 Å². The van der Waals surface area contributed by atoms with Gasteiger partial charge < -0.3 is 9.15 Å². The number of ketones is 1. The van der Waals surface area contributed by atoms with Crippen LogP contribution in [0.15, 0.2) is 39.5 Å². The lowest BCUT2D eigenvalue weighted by Gasteiger charge is -2.28. The second kappa shape index (κ2) is 5.96. The highest BCUT2D eigenvalue weighted by Crippen LogP contribution is 2.44. The monoisotopic (exact) mass is 380 g/mol. The van der Waals surface area contributed by atoms with Crippen molar-refractivity contribution in [2.24, 2.45) is 0 Å². The summed E-state index contributed by atoms with van der Waals surface area (Å²) in [6, 6.07) is 9.15. The molecule has 0 N–H and O–H groups in total. The lowest BCUT2D eigenvalue weighted by atomic mass is 9.90. The summed E-state index contributed by atoms with van der Waals surface area (Å²) in [5, 5.41) is 1.43. The quantitative estimate of drug-likeness (QED) is 0.560. The molecule has 136 valence electrons. The number of Topliss-reactive ketones (excluding diaryl/α,β-unsaturated/α-hetero) is 1. The number of aryl methyl sites for hydroxylation is 2. The Morgan fingerprint density at radius 3 is 2.59 bits per heavy atom. The van der Waals surface area contributed by atoms with Crippen LogP contribution in [0.2, 0.25) is 5.02 Å². The third kappa shape index (κ3) is 2.51. The first kappa shape index (κ1) is 16.6. The van der Waals surface area contributed by atoms with Gasteiger partial charge in [-0.3, -0.25) is 4.79 Å². The van der Waals surface area contributed by atoms with E-state index in [4.69, 9.17) is 20.8 Å². The third-order valence-corrected chi connectivity index (χ3v) is 5.81. The Bertz CT molecular complexity index is 1160. The largest absolute Gasteiger partial charge is 0.484 e. The first-order valence-electron chi connectivity index (χ1n) is 9.10. The molecule has 1 aliphatic heterocycles. The van der Waals surface area contributed by atoms with E-state index in [2.05, 4.69) is 0 Å². The van der Waals surface area contributed by atoms with Gasteiger partial charge in [-0.25, -0.2) is 4.79 Å². The van der Waals surface area contributed by atoms with Crippen LogP contribution in [0.3, 0.4) is 0 Å². The van der Waals surface area contributed by atoms with Gasteiger partial charge in [0.15, 0.2) is 5.78 Å². The molecular weight excluding hydrogens is 364 g/mol. The third-order valence-electron chi connectivity index (χ3n) is 5.56. The van der Waals surface area contributed by atoms with Crippen LogP contribution in [0.1, 0.15) is 51.6 Å². The van der Waals surface area contributed by atoms with Crippen LogP contribution in [-0.2, 0) is 12.8 Å². The van der Waals surface area contributed by atoms with Gasteiger partial charge in [-0.05, 0) is 61.1 Å². The molecule has 2 aromatic carbocycles. The number of ether oxygens (including phenoxy) is 1. The van der Waals surface area contributed by atoms with Gasteiger partial charge in [-0.15, -0.1) is 0 Å². The van der Waals surface area contributed by atoms with E-state index < -0.39 is 0 Å². The number of rotatable bonds is 1. The number of carbonyl (C=O) groups excluding carboxylic acids is 1. The van der Waals surface area contributed by atoms with Crippen LogP contribution in [-0.4, -0.2) is 5.78 Å². The zero-order valence-electron chi connectivity index (χ0n) is 14.8. The number of hydrogen-bond acceptors (Lipinski definition) is 4. The molecule has 2 heterocycles. The minimum absolute atomic E-state index is 0.0496. The van der Waals surface area contributed by atoms with Crippen molar-refractivity contribution in [1.82, 2.24) is 0 Å². The van der Waals surface area contributed by atoms with E-state index in [0.29, 0.717) is 28.3 Å². The highest BCUT2D eigenvalue weighted by molar-refractivity contribution is 6.30. The lowest BCUT2D eigenvalue weighted by Crippen LogP contribution is -2.22. The van der Waals surface area contributed by atoms with Crippen molar-refractivity contribution in [2.75, 3.05) is 0 Å². The minimum atomic E-state index is -0.378. The maximum Gasteiger partial charge on any atom is 0.339 e. The van der Waals surface area contributed by atoms with Gasteiger partial charge in [0.2, 0.25) is 0 Å². The number of carbonyl (C=O) groups is 1. The maximum atomic E-state index is 13.0. The smallest absolute Gasteiger partial charge is 0.339 e. The summed E-state index contributed by atoms with van der Waals surface area (Å²) in [6.07, 6.45) is 2.33. The molecule has 0 bridgehead atoms. The number of benzene rings is 2. The summed E-state index contributed by atoms with van der Waals surface area (Å²) >= 11 is 5.99. The molecule has 27 heavy (non-hydrogen) atoms. The first-order chi connectivity index (χ1) is 13.0. The molecule has 0 fully saturated rings. The molecule has 4 nitrogen and oxygen atoms in total. The lowest BCUT2D eigenvalue weighted by molar-refractivity contribution is 0.0852. The fraction of sp³-hybridized carbons (Fsp3) is 0.273. The van der Waals surface area contributed by atoms with E-state index in [9.17, 15) is 9.59 Å². The highest BCUT2D eigenvalue weighted by Gasteiger charge is 2.33. The Hall–Kier alpha value is -2.59. The number of halogens is 1. The summed E-state index contributed by atoms with van der Waals surface area (Å²) in [7, 11) is 0. The van der Waals surface area contributed by atoms with Crippen LogP contribution >= 0.6 is 11.6 Å². The SMILES string of the molecule is Cc1cc2oc(=O)c3c(c2c2c1C(=O)C[C@H](c1ccc(Cl)cc1)O2)CCC3. The highest BCUT2D eigenvalue weighted by atomic mass is 35.5. The topological polar surface area (TPSA) is 56.5 Å². The van der Waals surface area contributed by atoms with E-state index in [-0.39, 0.29) is 23.9 Å². The zero-order valence-corrected chi connectivity index (χ0v) is 15.6. The van der Waals surface area contributed by atoms with Crippen molar-refractivity contribution in [1.29, 1.82) is 0 Å². The molecule has 0 radical (unpaired) electrons. The van der Waals surface area contributed by atoms with E-state index in [1.807, 2.05) is 19.1 Å². The van der Waals surface area contributed by atoms with Crippen LogP contribution in [0.25, 0.3) is 11.0 Å². The molecule has 5 rings (SSSR count). The predicted molar refractivity (Wildman–Crippen MR) is 103 cm³/mol. The average Bonchev–Trinajstić information content (AvgIpc) is 3.12. The number of hydrogen-bond donors (Lipinski definition) is 0. The molecule has 0 unspecified atom stereocenters. The Labute approximate surface area is 160 Å². The molecule has 1 aliphatic carbocycles. The molecule has 2 aliphatic rings. The standard InChI is InChI=1S/C22H17ClO4/c1-11-9-18-20(14-3-2-4-15(14)22(25)27-18)21-19(11)16(24)10-17(26-21)12-5-7-13(23)8-6-12/h5-9,17H,2-4,10H2,1H3/t17-/m1/s1. The van der Waals surface area contributed by atoms with Gasteiger partial charge >= 0.3 is 5.63 Å². The van der Waals surface area contributed by atoms with Crippen molar-refractivity contribution in [3.63, 3.8) is 0 Å². The number of fused-ring (bicyclic) bond motifs is 5. The zero-order chi connectivity index (χ0) is 18.7. The van der Waals surface area contributed by atoms with Crippen LogP contribution in [0.5, 0.6) is 5.75 Å². The molecule has 0 saturated carbocycles. The molecule has 1 aromatic heterocycles. The Kier molecular flexibility index (Phi) is 3.66. The normalized spacial score (nSPS) is 18.3. The second-order valence-electron chi connectivity index (χ2n) is 7.26. The van der Waals surface area contributed by atoms with Gasteiger partial charge in [0, 0.05) is 10.6 Å². The average molecular weight is 381 g/mol. The van der Waals surface area contributed by atoms with Crippen molar-refractivity contribution in [2.45, 2.75) is 38.7 Å². The van der Waals surface area contributed by atoms with Gasteiger partial charge in [-0.1, -0.05) is 23.7 Å². The summed E-state index contributed by atoms with van der Waals surface area (Å²) in [5.41, 5.74) is 4.21. The summed E-state index contributed by atoms with van der Waals surface area (Å²) in [4.78, 5) is 25.3. The summed E-state index contributed by atoms with van der Waals surface area (Å²) in [6.45, 7) is 1.86. The van der Waals surface area contributed by atoms with Crippen molar-refractivity contribution in [3.05, 3.63) is 73.6 Å². The van der Waals surface area contributed by atoms with Crippen molar-refractivity contribution in [3.8, 4) is 5.75 Å². The molecule has 5 heteroatoms. The van der Waals surface area contributed by atoms with E-state index >= 15 is 0 Å². The molecule has 0 amide bonds. The van der Waals surface area contributed by atoms with Crippen LogP contribution in [0.4, 0.5) is 0 Å². The summed E-state index contributed by atoms with van der Waals surface area (Å²) < 4.78 is 11.9. The van der Waals surface area contributed by atoms with Gasteiger partial charge in [0.05, 0.1) is 17.4 Å². The molecule has 1 atom stereocenters. The minimum Gasteiger partial charge on any atom is -0.484 e. The molecule has 3 aromatic rings. The van der Waals surface area contributed by atoms with Crippen LogP contribution in [0, 0.1) is 6.92 Å². The van der Waals surface area contributed by atoms with Gasteiger partial charge in [-0.2, -0.15) is 0 Å². The van der Waals surface area contributed by atoms with E-state index in [0.717, 1.165) is 40.5 Å². The first-order valence-corrected chi connectivity index (χ1v) is 9.48. The second-order valence-corrected chi connectivity index (χ2v) is 7.69. The predicted octanol–water partition coefficient (Wildman–Crippen LogP) is 4.95. The Morgan fingerprint density at radius 1 is 1.07 bits per heavy atom. The Balaban J connectivity index is 1.76. The van der Waals surface area contributed by atoms with Crippen LogP contribution < -0.4 is 10.4 Å². The molecule has 0 saturated heterocycles. The van der Waals surface area contributed by atoms with Gasteiger partial charge in [0.1, 0.15) is 17.4 Å². The fourth-order valence-corrected chi connectivity index (χ4v) is 4.44. The molecular formula is C22H17ClO4. The summed E-state index contributed by atoms with van der Waals surface area (Å²) in [5.74, 6) is 0.608. The fourth-order valence-electron chi connectivity index (χ4n) is 4.31. The van der Waals surface area contributed by atoms with Gasteiger partial charge in [0.25, 0.3) is 0 Å². The molecule has 0 spiro atoms. The van der Waals surface area contributed by atoms with Crippen molar-refractivity contribution >= 4 is 28.4 Å². The van der Waals surface area contributed by atoms with E-state index in [1.165, 1.54) is 0 Å².